The second-order valence-electron chi connectivity index (χ2n) is 5.45. The molecule has 0 saturated carbocycles. The molecule has 2 aromatic heterocycles. The molecule has 1 atom stereocenters. The van der Waals surface area contributed by atoms with Crippen LogP contribution in [0.15, 0.2) is 36.8 Å². The van der Waals surface area contributed by atoms with Gasteiger partial charge in [-0.15, -0.1) is 0 Å². The number of rotatable bonds is 5. The molecule has 1 unspecified atom stereocenters. The number of nitrogens with zero attached hydrogens (tertiary/aromatic N) is 4. The van der Waals surface area contributed by atoms with Crippen LogP contribution in [0.25, 0.3) is 11.5 Å². The molecule has 0 spiro atoms. The third-order valence-corrected chi connectivity index (χ3v) is 3.74. The summed E-state index contributed by atoms with van der Waals surface area (Å²) in [5.41, 5.74) is 6.95. The highest BCUT2D eigenvalue weighted by Gasteiger charge is 2.18. The number of aromatic nitrogens is 4. The average Bonchev–Trinajstić information content (AvgIpc) is 3.02. The number of nitrogen functional groups attached to an aromatic ring is 1. The van der Waals surface area contributed by atoms with Crippen LogP contribution in [0.3, 0.4) is 0 Å². The summed E-state index contributed by atoms with van der Waals surface area (Å²) < 4.78 is 26.5. The Morgan fingerprint density at radius 3 is 2.76 bits per heavy atom. The van der Waals surface area contributed by atoms with Crippen LogP contribution >= 0.6 is 0 Å². The van der Waals surface area contributed by atoms with E-state index in [1.807, 2.05) is 11.6 Å². The van der Waals surface area contributed by atoms with Crippen molar-refractivity contribution in [1.82, 2.24) is 19.5 Å². The Hall–Kier alpha value is -3.16. The van der Waals surface area contributed by atoms with Gasteiger partial charge >= 0.3 is 0 Å². The van der Waals surface area contributed by atoms with Crippen LogP contribution in [0.2, 0.25) is 0 Å². The van der Waals surface area contributed by atoms with E-state index in [4.69, 9.17) is 15.2 Å². The fourth-order valence-electron chi connectivity index (χ4n) is 2.44. The molecule has 25 heavy (non-hydrogen) atoms. The molecule has 0 amide bonds. The van der Waals surface area contributed by atoms with Gasteiger partial charge in [-0.05, 0) is 25.1 Å². The quantitative estimate of drug-likeness (QED) is 0.766. The van der Waals surface area contributed by atoms with E-state index in [1.165, 1.54) is 25.4 Å². The number of aryl methyl sites for hydroxylation is 1. The molecule has 8 heteroatoms. The molecule has 7 nitrogen and oxygen atoms in total. The summed E-state index contributed by atoms with van der Waals surface area (Å²) in [5.74, 6) is 1.06. The highest BCUT2D eigenvalue weighted by Crippen LogP contribution is 2.31. The molecule has 2 N–H and O–H groups in total. The van der Waals surface area contributed by atoms with Crippen molar-refractivity contribution in [3.63, 3.8) is 0 Å². The first-order valence-corrected chi connectivity index (χ1v) is 7.60. The normalized spacial score (nSPS) is 12.0. The van der Waals surface area contributed by atoms with Gasteiger partial charge in [0, 0.05) is 25.0 Å². The van der Waals surface area contributed by atoms with Crippen molar-refractivity contribution in [2.45, 2.75) is 13.0 Å². The number of benzene rings is 1. The van der Waals surface area contributed by atoms with E-state index in [2.05, 4.69) is 15.0 Å². The summed E-state index contributed by atoms with van der Waals surface area (Å²) in [6.07, 6.45) is 4.44. The van der Waals surface area contributed by atoms with Crippen LogP contribution in [0.4, 0.5) is 10.2 Å². The second-order valence-corrected chi connectivity index (χ2v) is 5.45. The first-order valence-electron chi connectivity index (χ1n) is 7.60. The number of nitrogens with two attached hydrogens (primary N) is 1. The van der Waals surface area contributed by atoms with Gasteiger partial charge in [0.15, 0.2) is 11.6 Å². The number of hydrogen-bond donors (Lipinski definition) is 1. The fourth-order valence-corrected chi connectivity index (χ4v) is 2.44. The Balaban J connectivity index is 1.93. The van der Waals surface area contributed by atoms with E-state index >= 15 is 0 Å². The Bertz CT molecular complexity index is 896. The number of methoxy groups -OCH3 is 1. The Kier molecular flexibility index (Phi) is 4.51. The van der Waals surface area contributed by atoms with Crippen LogP contribution in [-0.2, 0) is 7.05 Å². The predicted molar refractivity (Wildman–Crippen MR) is 90.6 cm³/mol. The van der Waals surface area contributed by atoms with Gasteiger partial charge in [0.1, 0.15) is 23.4 Å². The van der Waals surface area contributed by atoms with Gasteiger partial charge in [0.2, 0.25) is 0 Å². The van der Waals surface area contributed by atoms with E-state index in [9.17, 15) is 4.39 Å². The van der Waals surface area contributed by atoms with Gasteiger partial charge in [0.05, 0.1) is 13.3 Å². The number of imidazole rings is 1. The predicted octanol–water partition coefficient (Wildman–Crippen LogP) is 2.75. The van der Waals surface area contributed by atoms with Crippen LogP contribution in [0, 0.1) is 5.82 Å². The molecule has 2 heterocycles. The van der Waals surface area contributed by atoms with E-state index in [-0.39, 0.29) is 17.5 Å². The van der Waals surface area contributed by atoms with Crippen molar-refractivity contribution < 1.29 is 13.9 Å². The lowest BCUT2D eigenvalue weighted by Crippen LogP contribution is -2.10. The zero-order valence-electron chi connectivity index (χ0n) is 14.1. The number of ether oxygens (including phenoxy) is 2. The lowest BCUT2D eigenvalue weighted by molar-refractivity contribution is 0.212. The maximum Gasteiger partial charge on any atom is 0.258 e. The zero-order chi connectivity index (χ0) is 18.0. The second kappa shape index (κ2) is 6.76. The molecule has 0 bridgehead atoms. The van der Waals surface area contributed by atoms with E-state index in [1.54, 1.807) is 25.4 Å². The molecule has 0 fully saturated rings. The topological polar surface area (TPSA) is 88.1 Å². The van der Waals surface area contributed by atoms with Crippen molar-refractivity contribution in [3.8, 4) is 23.1 Å². The van der Waals surface area contributed by atoms with Crippen LogP contribution < -0.4 is 15.2 Å². The van der Waals surface area contributed by atoms with Crippen LogP contribution in [-0.4, -0.2) is 26.6 Å². The van der Waals surface area contributed by atoms with Gasteiger partial charge in [0.25, 0.3) is 5.88 Å². The van der Waals surface area contributed by atoms with Gasteiger partial charge in [-0.25, -0.2) is 19.3 Å². The molecule has 3 aromatic rings. The number of anilines is 1. The molecule has 1 aromatic carbocycles. The molecule has 0 aliphatic rings. The maximum atomic E-state index is 13.6. The van der Waals surface area contributed by atoms with Crippen molar-refractivity contribution in [1.29, 1.82) is 0 Å². The number of halogens is 1. The maximum absolute atomic E-state index is 13.6. The first kappa shape index (κ1) is 16.7. The van der Waals surface area contributed by atoms with Gasteiger partial charge in [-0.3, -0.25) is 0 Å². The molecule has 0 saturated heterocycles. The minimum atomic E-state index is -0.543. The highest BCUT2D eigenvalue weighted by molar-refractivity contribution is 5.53. The third kappa shape index (κ3) is 3.37. The summed E-state index contributed by atoms with van der Waals surface area (Å²) in [4.78, 5) is 12.7. The van der Waals surface area contributed by atoms with E-state index in [0.717, 1.165) is 0 Å². The lowest BCUT2D eigenvalue weighted by atomic mass is 10.1. The monoisotopic (exact) mass is 343 g/mol. The average molecular weight is 343 g/mol. The molecule has 0 aliphatic heterocycles. The SMILES string of the molecule is COc1ccc(F)cc1C(C)Oc1nc(-c2nccn2C)cnc1N. The summed E-state index contributed by atoms with van der Waals surface area (Å²) >= 11 is 0. The first-order chi connectivity index (χ1) is 12.0. The molecule has 0 radical (unpaired) electrons. The molecular weight excluding hydrogens is 325 g/mol. The Labute approximate surface area is 144 Å². The molecule has 3 rings (SSSR count). The lowest BCUT2D eigenvalue weighted by Gasteiger charge is -2.18. The largest absolute Gasteiger partial charge is 0.496 e. The minimum absolute atomic E-state index is 0.139. The Morgan fingerprint density at radius 2 is 2.08 bits per heavy atom. The minimum Gasteiger partial charge on any atom is -0.496 e. The summed E-state index contributed by atoms with van der Waals surface area (Å²) in [6.45, 7) is 1.76. The van der Waals surface area contributed by atoms with Crippen molar-refractivity contribution in [3.05, 3.63) is 48.2 Å². The fraction of sp³-hybridized carbons (Fsp3) is 0.235. The van der Waals surface area contributed by atoms with Gasteiger partial charge in [-0.2, -0.15) is 0 Å². The number of hydrogen-bond acceptors (Lipinski definition) is 6. The van der Waals surface area contributed by atoms with Crippen LogP contribution in [0.5, 0.6) is 11.6 Å². The van der Waals surface area contributed by atoms with E-state index < -0.39 is 6.10 Å². The van der Waals surface area contributed by atoms with Crippen molar-refractivity contribution >= 4 is 5.82 Å². The summed E-state index contributed by atoms with van der Waals surface area (Å²) in [6, 6.07) is 4.23. The van der Waals surface area contributed by atoms with Crippen molar-refractivity contribution in [2.24, 2.45) is 7.05 Å². The summed E-state index contributed by atoms with van der Waals surface area (Å²) in [7, 11) is 3.36. The van der Waals surface area contributed by atoms with Gasteiger partial charge < -0.3 is 19.8 Å². The third-order valence-electron chi connectivity index (χ3n) is 3.74. The van der Waals surface area contributed by atoms with Crippen LogP contribution in [0.1, 0.15) is 18.6 Å². The zero-order valence-corrected chi connectivity index (χ0v) is 14.1. The van der Waals surface area contributed by atoms with Crippen molar-refractivity contribution in [2.75, 3.05) is 12.8 Å². The smallest absolute Gasteiger partial charge is 0.258 e. The molecule has 0 aliphatic carbocycles. The standard InChI is InChI=1S/C17H18FN5O2/c1-10(12-8-11(18)4-5-14(12)24-3)25-17-15(19)21-9-13(22-17)16-20-6-7-23(16)2/h4-10H,1-3H3,(H2,19,21). The van der Waals surface area contributed by atoms with Gasteiger partial charge in [-0.1, -0.05) is 0 Å². The van der Waals surface area contributed by atoms with E-state index in [0.29, 0.717) is 22.8 Å². The molecular formula is C17H18FN5O2. The Morgan fingerprint density at radius 1 is 1.28 bits per heavy atom. The molecule has 130 valence electrons. The highest BCUT2D eigenvalue weighted by atomic mass is 19.1. The summed E-state index contributed by atoms with van der Waals surface area (Å²) in [5, 5.41) is 0.